The number of rotatable bonds is 6. The SMILES string of the molecule is CCCCCSC1=NN2C(=c3ccccc3=N[C@@H]2/C=C/c2cccs2)C(=O)N1. The standard InChI is InChI=1S/C21H22N4OS2/c1-2-3-6-13-28-21-23-20(26)19-16-9-4-5-10-17(16)22-18(25(19)24-21)12-11-15-8-7-14-27-15/h4-5,7-12,14,18H,2-3,6,13H2,1H3,(H,23,24,26)/b12-11+/t18-/m0/s1. The Morgan fingerprint density at radius 2 is 2.14 bits per heavy atom. The minimum absolute atomic E-state index is 0.120. The molecule has 0 saturated heterocycles. The van der Waals surface area contributed by atoms with Gasteiger partial charge < -0.3 is 0 Å². The van der Waals surface area contributed by atoms with Crippen molar-refractivity contribution in [3.05, 3.63) is 63.3 Å². The largest absolute Gasteiger partial charge is 0.298 e. The lowest BCUT2D eigenvalue weighted by Gasteiger charge is -2.32. The average Bonchev–Trinajstić information content (AvgIpc) is 3.23. The molecule has 2 aliphatic heterocycles. The fraction of sp³-hybridized carbons (Fsp3) is 0.286. The lowest BCUT2D eigenvalue weighted by atomic mass is 10.1. The summed E-state index contributed by atoms with van der Waals surface area (Å²) in [6, 6.07) is 11.8. The van der Waals surface area contributed by atoms with Gasteiger partial charge in [-0.05, 0) is 36.1 Å². The van der Waals surface area contributed by atoms with Crippen molar-refractivity contribution >= 4 is 45.9 Å². The molecular formula is C21H22N4OS2. The Labute approximate surface area is 172 Å². The van der Waals surface area contributed by atoms with Crippen LogP contribution >= 0.6 is 23.1 Å². The number of unbranched alkanes of at least 4 members (excludes halogenated alkanes) is 2. The lowest BCUT2D eigenvalue weighted by Crippen LogP contribution is -2.52. The Kier molecular flexibility index (Phi) is 5.92. The normalized spacial score (nSPS) is 18.4. The number of carbonyl (C=O) groups excluding carboxylic acids is 1. The predicted octanol–water partition coefficient (Wildman–Crippen LogP) is 3.16. The molecule has 5 nitrogen and oxygen atoms in total. The highest BCUT2D eigenvalue weighted by Gasteiger charge is 2.32. The molecule has 0 aliphatic carbocycles. The van der Waals surface area contributed by atoms with Crippen molar-refractivity contribution < 1.29 is 4.79 Å². The molecule has 2 aromatic rings. The van der Waals surface area contributed by atoms with E-state index in [1.54, 1.807) is 28.1 Å². The van der Waals surface area contributed by atoms with Gasteiger partial charge in [0.15, 0.2) is 11.3 Å². The van der Waals surface area contributed by atoms with Gasteiger partial charge in [-0.25, -0.2) is 5.01 Å². The first-order valence-corrected chi connectivity index (χ1v) is 11.3. The van der Waals surface area contributed by atoms with Crippen LogP contribution in [0.1, 0.15) is 31.1 Å². The number of thiophene rings is 1. The van der Waals surface area contributed by atoms with E-state index in [9.17, 15) is 4.79 Å². The van der Waals surface area contributed by atoms with Crippen molar-refractivity contribution in [2.24, 2.45) is 10.1 Å². The molecule has 144 valence electrons. The van der Waals surface area contributed by atoms with E-state index in [0.717, 1.165) is 27.6 Å². The molecule has 0 fully saturated rings. The van der Waals surface area contributed by atoms with E-state index in [4.69, 9.17) is 10.1 Å². The van der Waals surface area contributed by atoms with Crippen molar-refractivity contribution in [2.75, 3.05) is 5.75 Å². The van der Waals surface area contributed by atoms with E-state index >= 15 is 0 Å². The summed E-state index contributed by atoms with van der Waals surface area (Å²) < 4.78 is 0. The van der Waals surface area contributed by atoms with E-state index in [0.29, 0.717) is 10.9 Å². The number of fused-ring (bicyclic) bond motifs is 2. The zero-order valence-corrected chi connectivity index (χ0v) is 17.3. The highest BCUT2D eigenvalue weighted by Crippen LogP contribution is 2.22. The first-order valence-electron chi connectivity index (χ1n) is 9.47. The van der Waals surface area contributed by atoms with Crippen molar-refractivity contribution in [1.29, 1.82) is 0 Å². The number of benzene rings is 1. The third-order valence-corrected chi connectivity index (χ3v) is 6.29. The van der Waals surface area contributed by atoms with E-state index in [-0.39, 0.29) is 12.1 Å². The van der Waals surface area contributed by atoms with Crippen LogP contribution in [-0.4, -0.2) is 28.0 Å². The Balaban J connectivity index is 1.69. The quantitative estimate of drug-likeness (QED) is 0.745. The molecule has 28 heavy (non-hydrogen) atoms. The maximum atomic E-state index is 12.9. The van der Waals surface area contributed by atoms with E-state index in [1.165, 1.54) is 12.8 Å². The molecule has 1 N–H and O–H groups in total. The number of amidine groups is 1. The molecule has 4 rings (SSSR count). The fourth-order valence-electron chi connectivity index (χ4n) is 3.13. The Morgan fingerprint density at radius 3 is 2.96 bits per heavy atom. The van der Waals surface area contributed by atoms with Crippen molar-refractivity contribution in [1.82, 2.24) is 10.3 Å². The van der Waals surface area contributed by atoms with E-state index in [2.05, 4.69) is 18.3 Å². The number of para-hydroxylation sites is 1. The van der Waals surface area contributed by atoms with Crippen molar-refractivity contribution in [2.45, 2.75) is 32.4 Å². The van der Waals surface area contributed by atoms with Crippen LogP contribution in [0.3, 0.4) is 0 Å². The molecular weight excluding hydrogens is 388 g/mol. The van der Waals surface area contributed by atoms with Gasteiger partial charge in [-0.1, -0.05) is 55.8 Å². The van der Waals surface area contributed by atoms with Crippen LogP contribution in [-0.2, 0) is 4.79 Å². The van der Waals surface area contributed by atoms with Crippen LogP contribution in [0.2, 0.25) is 0 Å². The molecule has 1 aromatic carbocycles. The molecule has 1 atom stereocenters. The number of carbonyl (C=O) groups is 1. The third-order valence-electron chi connectivity index (χ3n) is 4.51. The number of nitrogens with one attached hydrogen (secondary N) is 1. The average molecular weight is 411 g/mol. The topological polar surface area (TPSA) is 57.1 Å². The Bertz CT molecular complexity index is 1030. The number of hydrogen-bond donors (Lipinski definition) is 1. The van der Waals surface area contributed by atoms with Gasteiger partial charge in [0, 0.05) is 15.8 Å². The van der Waals surface area contributed by atoms with Crippen LogP contribution in [0, 0.1) is 0 Å². The maximum Gasteiger partial charge on any atom is 0.276 e. The summed E-state index contributed by atoms with van der Waals surface area (Å²) in [4.78, 5) is 18.9. The summed E-state index contributed by atoms with van der Waals surface area (Å²) in [6.45, 7) is 2.18. The second-order valence-corrected chi connectivity index (χ2v) is 8.61. The highest BCUT2D eigenvalue weighted by atomic mass is 32.2. The van der Waals surface area contributed by atoms with Crippen LogP contribution in [0.25, 0.3) is 11.8 Å². The summed E-state index contributed by atoms with van der Waals surface area (Å²) in [5, 5.41) is 13.8. The number of nitrogens with zero attached hydrogens (tertiary/aromatic N) is 3. The van der Waals surface area contributed by atoms with Gasteiger partial charge in [0.05, 0.1) is 5.36 Å². The van der Waals surface area contributed by atoms with Gasteiger partial charge in [0.25, 0.3) is 5.91 Å². The van der Waals surface area contributed by atoms with Gasteiger partial charge >= 0.3 is 0 Å². The van der Waals surface area contributed by atoms with Gasteiger partial charge in [-0.2, -0.15) is 0 Å². The molecule has 0 radical (unpaired) electrons. The van der Waals surface area contributed by atoms with Crippen LogP contribution in [0.5, 0.6) is 0 Å². The molecule has 0 saturated carbocycles. The number of hydrogen-bond acceptors (Lipinski definition) is 6. The molecule has 2 aliphatic rings. The maximum absolute atomic E-state index is 12.9. The highest BCUT2D eigenvalue weighted by molar-refractivity contribution is 8.13. The molecule has 1 amide bonds. The summed E-state index contributed by atoms with van der Waals surface area (Å²) in [7, 11) is 0. The monoisotopic (exact) mass is 410 g/mol. The summed E-state index contributed by atoms with van der Waals surface area (Å²) >= 11 is 3.27. The molecule has 7 heteroatoms. The first-order chi connectivity index (χ1) is 13.8. The molecule has 1 aromatic heterocycles. The van der Waals surface area contributed by atoms with E-state index in [1.807, 2.05) is 47.9 Å². The smallest absolute Gasteiger partial charge is 0.276 e. The molecule has 0 spiro atoms. The third kappa shape index (κ3) is 4.05. The van der Waals surface area contributed by atoms with E-state index < -0.39 is 0 Å². The van der Waals surface area contributed by atoms with Crippen LogP contribution in [0.15, 0.2) is 57.9 Å². The van der Waals surface area contributed by atoms with Crippen molar-refractivity contribution in [3.8, 4) is 0 Å². The fourth-order valence-corrected chi connectivity index (χ4v) is 4.61. The zero-order chi connectivity index (χ0) is 19.3. The lowest BCUT2D eigenvalue weighted by molar-refractivity contribution is -0.116. The summed E-state index contributed by atoms with van der Waals surface area (Å²) in [5.41, 5.74) is 0.560. The molecule has 0 unspecified atom stereocenters. The number of thioether (sulfide) groups is 1. The zero-order valence-electron chi connectivity index (χ0n) is 15.7. The Morgan fingerprint density at radius 1 is 1.25 bits per heavy atom. The molecule has 0 bridgehead atoms. The first kappa shape index (κ1) is 19.0. The van der Waals surface area contributed by atoms with Crippen LogP contribution < -0.4 is 15.9 Å². The van der Waals surface area contributed by atoms with Gasteiger partial charge in [-0.15, -0.1) is 16.4 Å². The molecule has 3 heterocycles. The number of amides is 1. The van der Waals surface area contributed by atoms with Gasteiger partial charge in [0.1, 0.15) is 5.70 Å². The van der Waals surface area contributed by atoms with Crippen molar-refractivity contribution in [3.63, 3.8) is 0 Å². The second-order valence-electron chi connectivity index (χ2n) is 6.54. The van der Waals surface area contributed by atoms with Gasteiger partial charge in [-0.3, -0.25) is 15.1 Å². The Hall–Kier alpha value is -2.38. The van der Waals surface area contributed by atoms with Crippen LogP contribution in [0.4, 0.5) is 0 Å². The predicted molar refractivity (Wildman–Crippen MR) is 117 cm³/mol. The summed E-state index contributed by atoms with van der Waals surface area (Å²) in [6.07, 6.45) is 7.17. The van der Waals surface area contributed by atoms with Gasteiger partial charge in [0.2, 0.25) is 0 Å². The minimum atomic E-state index is -0.343. The second kappa shape index (κ2) is 8.75. The summed E-state index contributed by atoms with van der Waals surface area (Å²) in [5.74, 6) is 0.824. The number of hydrazone groups is 1. The minimum Gasteiger partial charge on any atom is -0.298 e.